The van der Waals surface area contributed by atoms with E-state index in [9.17, 15) is 8.42 Å². The number of primary sulfonamides is 1. The highest BCUT2D eigenvalue weighted by Crippen LogP contribution is 2.31. The summed E-state index contributed by atoms with van der Waals surface area (Å²) in [5.41, 5.74) is 2.95. The lowest BCUT2D eigenvalue weighted by Gasteiger charge is -2.20. The second-order valence-electron chi connectivity index (χ2n) is 4.96. The van der Waals surface area contributed by atoms with Crippen molar-refractivity contribution in [2.45, 2.75) is 17.9 Å². The fraction of sp³-hybridized carbons (Fsp3) is 0.214. The van der Waals surface area contributed by atoms with Gasteiger partial charge in [0.05, 0.1) is 4.90 Å². The highest BCUT2D eigenvalue weighted by molar-refractivity contribution is 7.89. The van der Waals surface area contributed by atoms with Crippen molar-refractivity contribution in [2.75, 3.05) is 11.4 Å². The smallest absolute Gasteiger partial charge is 0.238 e. The van der Waals surface area contributed by atoms with E-state index in [1.165, 1.54) is 6.07 Å². The summed E-state index contributed by atoms with van der Waals surface area (Å²) in [5, 5.41) is 5.65. The van der Waals surface area contributed by atoms with Crippen LogP contribution in [-0.2, 0) is 23.0 Å². The van der Waals surface area contributed by atoms with Crippen LogP contribution in [0, 0.1) is 0 Å². The fourth-order valence-corrected chi connectivity index (χ4v) is 3.27. The third-order valence-corrected chi connectivity index (χ3v) is 4.82. The van der Waals surface area contributed by atoms with E-state index in [0.717, 1.165) is 29.8 Å². The molecule has 0 atom stereocenters. The summed E-state index contributed by atoms with van der Waals surface area (Å²) in [6, 6.07) is 8.77. The normalized spacial score (nSPS) is 14.3. The number of rotatable bonds is 3. The summed E-state index contributed by atoms with van der Waals surface area (Å²) in [6.07, 6.45) is 2.44. The first kappa shape index (κ1) is 14.3. The van der Waals surface area contributed by atoms with Gasteiger partial charge in [-0.15, -0.1) is 0 Å². The largest absolute Gasteiger partial charge is 0.367 e. The summed E-state index contributed by atoms with van der Waals surface area (Å²) in [7, 11) is -3.66. The number of nitrogens with two attached hydrogens (primary N) is 1. The summed E-state index contributed by atoms with van der Waals surface area (Å²) in [6.45, 7) is 1.46. The molecule has 5 nitrogen and oxygen atoms in total. The Bertz CT molecular complexity index is 793. The molecule has 2 N–H and O–H groups in total. The maximum Gasteiger partial charge on any atom is 0.238 e. The van der Waals surface area contributed by atoms with Crippen molar-refractivity contribution in [1.29, 1.82) is 0 Å². The lowest BCUT2D eigenvalue weighted by atomic mass is 10.2. The van der Waals surface area contributed by atoms with Gasteiger partial charge in [-0.05, 0) is 36.2 Å². The number of sulfonamides is 1. The Morgan fingerprint density at radius 2 is 2.14 bits per heavy atom. The lowest BCUT2D eigenvalue weighted by molar-refractivity contribution is 0.597. The van der Waals surface area contributed by atoms with Gasteiger partial charge >= 0.3 is 0 Å². The van der Waals surface area contributed by atoms with Crippen molar-refractivity contribution in [3.8, 4) is 0 Å². The van der Waals surface area contributed by atoms with Gasteiger partial charge in [-0.25, -0.2) is 18.5 Å². The highest BCUT2D eigenvalue weighted by Gasteiger charge is 2.22. The molecular weight excluding hydrogens is 310 g/mol. The molecule has 0 amide bonds. The minimum absolute atomic E-state index is 0.155. The second-order valence-corrected chi connectivity index (χ2v) is 6.88. The first-order valence-electron chi connectivity index (χ1n) is 6.45. The predicted octanol–water partition coefficient (Wildman–Crippen LogP) is 1.95. The van der Waals surface area contributed by atoms with E-state index < -0.39 is 10.0 Å². The molecule has 1 aliphatic heterocycles. The molecule has 0 fully saturated rings. The van der Waals surface area contributed by atoms with Gasteiger partial charge in [0.1, 0.15) is 5.15 Å². The van der Waals surface area contributed by atoms with Crippen LogP contribution >= 0.6 is 11.6 Å². The summed E-state index contributed by atoms with van der Waals surface area (Å²) in [5.74, 6) is 0. The molecule has 0 saturated carbocycles. The van der Waals surface area contributed by atoms with Gasteiger partial charge in [0, 0.05) is 30.5 Å². The maximum atomic E-state index is 11.4. The fourth-order valence-electron chi connectivity index (χ4n) is 2.53. The number of anilines is 1. The Morgan fingerprint density at radius 1 is 1.33 bits per heavy atom. The molecule has 1 aliphatic rings. The third-order valence-electron chi connectivity index (χ3n) is 3.57. The van der Waals surface area contributed by atoms with Gasteiger partial charge in [0.25, 0.3) is 0 Å². The number of halogens is 1. The SMILES string of the molecule is NS(=O)(=O)c1ccc2c(c1)CCN2Cc1cccnc1Cl. The van der Waals surface area contributed by atoms with Crippen LogP contribution in [-0.4, -0.2) is 19.9 Å². The monoisotopic (exact) mass is 323 g/mol. The average molecular weight is 324 g/mol. The molecule has 2 aromatic rings. The van der Waals surface area contributed by atoms with Crippen LogP contribution in [0.2, 0.25) is 5.15 Å². The number of pyridine rings is 1. The first-order chi connectivity index (χ1) is 9.95. The summed E-state index contributed by atoms with van der Waals surface area (Å²) < 4.78 is 22.8. The molecule has 0 saturated heterocycles. The van der Waals surface area contributed by atoms with E-state index >= 15 is 0 Å². The van der Waals surface area contributed by atoms with Crippen LogP contribution < -0.4 is 10.0 Å². The number of nitrogens with zero attached hydrogens (tertiary/aromatic N) is 2. The number of aromatic nitrogens is 1. The maximum absolute atomic E-state index is 11.4. The van der Waals surface area contributed by atoms with E-state index in [1.807, 2.05) is 12.1 Å². The Morgan fingerprint density at radius 3 is 2.86 bits per heavy atom. The van der Waals surface area contributed by atoms with Crippen molar-refractivity contribution >= 4 is 27.3 Å². The zero-order chi connectivity index (χ0) is 15.0. The van der Waals surface area contributed by atoms with Crippen molar-refractivity contribution in [1.82, 2.24) is 4.98 Å². The minimum Gasteiger partial charge on any atom is -0.367 e. The molecule has 110 valence electrons. The summed E-state index contributed by atoms with van der Waals surface area (Å²) in [4.78, 5) is 6.38. The van der Waals surface area contributed by atoms with Crippen molar-refractivity contribution in [3.05, 3.63) is 52.8 Å². The van der Waals surface area contributed by atoms with Gasteiger partial charge in [-0.1, -0.05) is 17.7 Å². The van der Waals surface area contributed by atoms with E-state index in [-0.39, 0.29) is 4.90 Å². The Balaban J connectivity index is 1.90. The lowest BCUT2D eigenvalue weighted by Crippen LogP contribution is -2.20. The predicted molar refractivity (Wildman–Crippen MR) is 81.8 cm³/mol. The van der Waals surface area contributed by atoms with Gasteiger partial charge in [-0.2, -0.15) is 0 Å². The van der Waals surface area contributed by atoms with Crippen LogP contribution in [0.1, 0.15) is 11.1 Å². The van der Waals surface area contributed by atoms with E-state index in [0.29, 0.717) is 11.7 Å². The Kier molecular flexibility index (Phi) is 3.61. The number of hydrogen-bond acceptors (Lipinski definition) is 4. The molecule has 2 heterocycles. The van der Waals surface area contributed by atoms with Crippen LogP contribution in [0.3, 0.4) is 0 Å². The van der Waals surface area contributed by atoms with Crippen LogP contribution in [0.5, 0.6) is 0 Å². The molecule has 1 aromatic heterocycles. The Labute approximate surface area is 128 Å². The van der Waals surface area contributed by atoms with Gasteiger partial charge in [0.2, 0.25) is 10.0 Å². The molecule has 0 aliphatic carbocycles. The van der Waals surface area contributed by atoms with Crippen LogP contribution in [0.4, 0.5) is 5.69 Å². The van der Waals surface area contributed by atoms with E-state index in [4.69, 9.17) is 16.7 Å². The number of benzene rings is 1. The topological polar surface area (TPSA) is 76.3 Å². The van der Waals surface area contributed by atoms with Gasteiger partial charge < -0.3 is 4.90 Å². The first-order valence-corrected chi connectivity index (χ1v) is 8.37. The minimum atomic E-state index is -3.66. The second kappa shape index (κ2) is 5.29. The molecule has 0 bridgehead atoms. The highest BCUT2D eigenvalue weighted by atomic mass is 35.5. The molecular formula is C14H14ClN3O2S. The van der Waals surface area contributed by atoms with Crippen molar-refractivity contribution in [2.24, 2.45) is 5.14 Å². The zero-order valence-corrected chi connectivity index (χ0v) is 12.7. The van der Waals surface area contributed by atoms with E-state index in [2.05, 4.69) is 9.88 Å². The molecule has 0 radical (unpaired) electrons. The molecule has 0 spiro atoms. The van der Waals surface area contributed by atoms with Gasteiger partial charge in [0.15, 0.2) is 0 Å². The average Bonchev–Trinajstić information content (AvgIpc) is 2.83. The van der Waals surface area contributed by atoms with Crippen LogP contribution in [0.15, 0.2) is 41.4 Å². The zero-order valence-electron chi connectivity index (χ0n) is 11.2. The molecule has 1 aromatic carbocycles. The number of hydrogen-bond donors (Lipinski definition) is 1. The standard InChI is InChI=1S/C14H14ClN3O2S/c15-14-11(2-1-6-17-14)9-18-7-5-10-8-12(21(16,19)20)3-4-13(10)18/h1-4,6,8H,5,7,9H2,(H2,16,19,20). The summed E-state index contributed by atoms with van der Waals surface area (Å²) >= 11 is 6.08. The molecule has 0 unspecified atom stereocenters. The van der Waals surface area contributed by atoms with Crippen LogP contribution in [0.25, 0.3) is 0 Å². The van der Waals surface area contributed by atoms with E-state index in [1.54, 1.807) is 18.3 Å². The van der Waals surface area contributed by atoms with Crippen molar-refractivity contribution in [3.63, 3.8) is 0 Å². The third kappa shape index (κ3) is 2.88. The quantitative estimate of drug-likeness (QED) is 0.876. The molecule has 21 heavy (non-hydrogen) atoms. The number of fused-ring (bicyclic) bond motifs is 1. The van der Waals surface area contributed by atoms with Crippen molar-refractivity contribution < 1.29 is 8.42 Å². The Hall–Kier alpha value is -1.63. The molecule has 3 rings (SSSR count). The molecule has 7 heteroatoms. The van der Waals surface area contributed by atoms with Gasteiger partial charge in [-0.3, -0.25) is 0 Å².